The predicted octanol–water partition coefficient (Wildman–Crippen LogP) is 2.52. The number of alkyl halides is 1. The second-order valence-corrected chi connectivity index (χ2v) is 3.98. The van der Waals surface area contributed by atoms with E-state index in [0.717, 1.165) is 30.1 Å². The Morgan fingerprint density at radius 3 is 2.54 bits per heavy atom. The number of hydrogen-bond donors (Lipinski definition) is 0. The maximum atomic E-state index is 5.90. The lowest BCUT2D eigenvalue weighted by Gasteiger charge is -2.05. The molecular weight excluding hydrogens is 184 g/mol. The molecule has 0 radical (unpaired) electrons. The lowest BCUT2D eigenvalue weighted by Crippen LogP contribution is -2.04. The highest BCUT2D eigenvalue weighted by atomic mass is 35.5. The van der Waals surface area contributed by atoms with Gasteiger partial charge in [0.05, 0.1) is 0 Å². The van der Waals surface area contributed by atoms with Gasteiger partial charge in [-0.25, -0.2) is 9.97 Å². The van der Waals surface area contributed by atoms with Crippen LogP contribution in [0.3, 0.4) is 0 Å². The van der Waals surface area contributed by atoms with Gasteiger partial charge in [-0.05, 0) is 26.3 Å². The van der Waals surface area contributed by atoms with Crippen LogP contribution in [0.15, 0.2) is 6.07 Å². The van der Waals surface area contributed by atoms with Crippen molar-refractivity contribution in [3.8, 4) is 0 Å². The molecule has 2 nitrogen and oxygen atoms in total. The zero-order valence-corrected chi connectivity index (χ0v) is 9.10. The van der Waals surface area contributed by atoms with Crippen LogP contribution in [0, 0.1) is 6.92 Å². The van der Waals surface area contributed by atoms with Crippen LogP contribution < -0.4 is 0 Å². The van der Waals surface area contributed by atoms with Gasteiger partial charge in [-0.3, -0.25) is 0 Å². The third-order valence-electron chi connectivity index (χ3n) is 1.80. The quantitative estimate of drug-likeness (QED) is 0.698. The van der Waals surface area contributed by atoms with E-state index in [1.807, 2.05) is 19.9 Å². The third-order valence-corrected chi connectivity index (χ3v) is 1.95. The summed E-state index contributed by atoms with van der Waals surface area (Å²) in [5.41, 5.74) is 2.15. The first kappa shape index (κ1) is 10.5. The Balaban J connectivity index is 2.88. The molecule has 0 saturated heterocycles. The third kappa shape index (κ3) is 3.31. The van der Waals surface area contributed by atoms with E-state index < -0.39 is 0 Å². The molecule has 1 aromatic rings. The largest absolute Gasteiger partial charge is 0.238 e. The van der Waals surface area contributed by atoms with Crippen molar-refractivity contribution < 1.29 is 0 Å². The molecule has 13 heavy (non-hydrogen) atoms. The number of rotatable bonds is 3. The molecule has 0 spiro atoms. The number of nitrogens with zero attached hydrogens (tertiary/aromatic N) is 2. The van der Waals surface area contributed by atoms with Crippen molar-refractivity contribution in [2.75, 3.05) is 0 Å². The maximum Gasteiger partial charge on any atom is 0.125 e. The minimum Gasteiger partial charge on any atom is -0.238 e. The summed E-state index contributed by atoms with van der Waals surface area (Å²) in [6.07, 6.45) is 1.77. The van der Waals surface area contributed by atoms with Gasteiger partial charge in [0.1, 0.15) is 5.82 Å². The molecule has 0 fully saturated rings. The van der Waals surface area contributed by atoms with Crippen LogP contribution >= 0.6 is 11.6 Å². The van der Waals surface area contributed by atoms with Crippen molar-refractivity contribution in [2.24, 2.45) is 0 Å². The van der Waals surface area contributed by atoms with E-state index in [0.29, 0.717) is 0 Å². The van der Waals surface area contributed by atoms with Crippen LogP contribution in [0.5, 0.6) is 0 Å². The second-order valence-electron chi connectivity index (χ2n) is 3.24. The van der Waals surface area contributed by atoms with Crippen LogP contribution in [0.1, 0.15) is 31.1 Å². The first-order valence-electron chi connectivity index (χ1n) is 4.59. The van der Waals surface area contributed by atoms with Crippen LogP contribution in [0.2, 0.25) is 0 Å². The van der Waals surface area contributed by atoms with E-state index >= 15 is 0 Å². The normalized spacial score (nSPS) is 12.9. The molecule has 0 saturated carbocycles. The molecule has 1 unspecified atom stereocenters. The predicted molar refractivity (Wildman–Crippen MR) is 55.2 cm³/mol. The first-order valence-corrected chi connectivity index (χ1v) is 5.03. The summed E-state index contributed by atoms with van der Waals surface area (Å²) in [7, 11) is 0. The molecule has 0 aliphatic rings. The van der Waals surface area contributed by atoms with E-state index in [2.05, 4.69) is 16.9 Å². The Morgan fingerprint density at radius 1 is 1.38 bits per heavy atom. The van der Waals surface area contributed by atoms with E-state index in [-0.39, 0.29) is 5.38 Å². The molecule has 1 heterocycles. The number of aromatic nitrogens is 2. The monoisotopic (exact) mass is 198 g/mol. The molecule has 1 aromatic heterocycles. The Bertz CT molecular complexity index is 284. The molecule has 1 rings (SSSR count). The molecule has 0 aliphatic carbocycles. The summed E-state index contributed by atoms with van der Waals surface area (Å²) >= 11 is 5.90. The van der Waals surface area contributed by atoms with E-state index in [4.69, 9.17) is 11.6 Å². The number of hydrogen-bond acceptors (Lipinski definition) is 2. The lowest BCUT2D eigenvalue weighted by atomic mass is 10.2. The van der Waals surface area contributed by atoms with Crippen molar-refractivity contribution in [3.05, 3.63) is 23.3 Å². The topological polar surface area (TPSA) is 25.8 Å². The van der Waals surface area contributed by atoms with Gasteiger partial charge in [0.15, 0.2) is 0 Å². The van der Waals surface area contributed by atoms with E-state index in [1.165, 1.54) is 0 Å². The zero-order valence-electron chi connectivity index (χ0n) is 8.34. The summed E-state index contributed by atoms with van der Waals surface area (Å²) in [5, 5.41) is 0.138. The molecular formula is C10H15ClN2. The summed E-state index contributed by atoms with van der Waals surface area (Å²) < 4.78 is 0. The summed E-state index contributed by atoms with van der Waals surface area (Å²) in [6, 6.07) is 2.03. The number of halogens is 1. The minimum absolute atomic E-state index is 0.138. The molecule has 1 atom stereocenters. The van der Waals surface area contributed by atoms with Crippen molar-refractivity contribution in [1.29, 1.82) is 0 Å². The van der Waals surface area contributed by atoms with Crippen LogP contribution in [0.4, 0.5) is 0 Å². The van der Waals surface area contributed by atoms with Crippen LogP contribution in [-0.4, -0.2) is 15.3 Å². The fraction of sp³-hybridized carbons (Fsp3) is 0.600. The van der Waals surface area contributed by atoms with Gasteiger partial charge in [0.2, 0.25) is 0 Å². The molecule has 3 heteroatoms. The molecule has 0 amide bonds. The molecule has 0 N–H and O–H groups in total. The Labute approximate surface area is 84.4 Å². The lowest BCUT2D eigenvalue weighted by molar-refractivity contribution is 0.841. The maximum absolute atomic E-state index is 5.90. The zero-order chi connectivity index (χ0) is 9.84. The van der Waals surface area contributed by atoms with E-state index in [9.17, 15) is 0 Å². The highest BCUT2D eigenvalue weighted by Gasteiger charge is 2.03. The first-order chi connectivity index (χ1) is 6.11. The van der Waals surface area contributed by atoms with Crippen molar-refractivity contribution in [2.45, 2.75) is 39.0 Å². The fourth-order valence-corrected chi connectivity index (χ4v) is 1.43. The van der Waals surface area contributed by atoms with Crippen molar-refractivity contribution >= 4 is 11.6 Å². The van der Waals surface area contributed by atoms with E-state index in [1.54, 1.807) is 0 Å². The Kier molecular flexibility index (Phi) is 3.67. The fourth-order valence-electron chi connectivity index (χ4n) is 1.27. The van der Waals surface area contributed by atoms with Crippen molar-refractivity contribution in [3.63, 3.8) is 0 Å². The molecule has 0 aliphatic heterocycles. The van der Waals surface area contributed by atoms with Crippen molar-refractivity contribution in [1.82, 2.24) is 9.97 Å². The van der Waals surface area contributed by atoms with Gasteiger partial charge in [-0.15, -0.1) is 11.6 Å². The van der Waals surface area contributed by atoms with Gasteiger partial charge in [-0.1, -0.05) is 6.92 Å². The Morgan fingerprint density at radius 2 is 2.00 bits per heavy atom. The summed E-state index contributed by atoms with van der Waals surface area (Å²) in [6.45, 7) is 5.99. The van der Waals surface area contributed by atoms with Gasteiger partial charge in [0, 0.05) is 23.2 Å². The van der Waals surface area contributed by atoms with Gasteiger partial charge >= 0.3 is 0 Å². The minimum atomic E-state index is 0.138. The molecule has 0 aromatic carbocycles. The Hall–Kier alpha value is -0.630. The average molecular weight is 199 g/mol. The highest BCUT2D eigenvalue weighted by molar-refractivity contribution is 6.20. The van der Waals surface area contributed by atoms with Gasteiger partial charge < -0.3 is 0 Å². The average Bonchev–Trinajstić information content (AvgIpc) is 2.01. The smallest absolute Gasteiger partial charge is 0.125 e. The second kappa shape index (κ2) is 4.56. The van der Waals surface area contributed by atoms with Gasteiger partial charge in [0.25, 0.3) is 0 Å². The molecule has 0 bridgehead atoms. The van der Waals surface area contributed by atoms with Gasteiger partial charge in [-0.2, -0.15) is 0 Å². The summed E-state index contributed by atoms with van der Waals surface area (Å²) in [5.74, 6) is 0.840. The standard InChI is InChI=1S/C10H15ClN2/c1-4-9-6-10(5-7(2)11)13-8(3)12-9/h6-7H,4-5H2,1-3H3. The summed E-state index contributed by atoms with van der Waals surface area (Å²) in [4.78, 5) is 8.63. The van der Waals surface area contributed by atoms with Crippen LogP contribution in [-0.2, 0) is 12.8 Å². The number of aryl methyl sites for hydroxylation is 2. The molecule has 72 valence electrons. The highest BCUT2D eigenvalue weighted by Crippen LogP contribution is 2.07. The van der Waals surface area contributed by atoms with Crippen LogP contribution in [0.25, 0.3) is 0 Å². The SMILES string of the molecule is CCc1cc(CC(C)Cl)nc(C)n1.